The first-order chi connectivity index (χ1) is 29.0. The van der Waals surface area contributed by atoms with Crippen molar-refractivity contribution < 1.29 is 0 Å². The smallest absolute Gasteiger partial charge is 0.0713 e. The van der Waals surface area contributed by atoms with Crippen LogP contribution in [-0.2, 0) is 10.8 Å². The molecule has 59 heavy (non-hydrogen) atoms. The molecular formula is C58H43N. The largest absolute Gasteiger partial charge is 0.310 e. The van der Waals surface area contributed by atoms with Crippen LogP contribution in [0.3, 0.4) is 0 Å². The third-order valence-electron chi connectivity index (χ3n) is 12.9. The molecule has 0 N–H and O–H groups in total. The molecule has 2 aliphatic rings. The van der Waals surface area contributed by atoms with Gasteiger partial charge < -0.3 is 4.90 Å². The molecule has 0 atom stereocenters. The van der Waals surface area contributed by atoms with E-state index in [4.69, 9.17) is 0 Å². The molecule has 0 fully saturated rings. The number of hydrogen-bond acceptors (Lipinski definition) is 1. The van der Waals surface area contributed by atoms with Crippen LogP contribution in [0.4, 0.5) is 17.1 Å². The van der Waals surface area contributed by atoms with E-state index in [-0.39, 0.29) is 5.41 Å². The molecule has 0 bridgehead atoms. The number of para-hydroxylation sites is 1. The maximum absolute atomic E-state index is 2.59. The highest BCUT2D eigenvalue weighted by molar-refractivity contribution is 6.05. The fourth-order valence-corrected chi connectivity index (χ4v) is 10.3. The van der Waals surface area contributed by atoms with E-state index in [9.17, 15) is 0 Å². The molecule has 9 aromatic carbocycles. The normalized spacial score (nSPS) is 13.9. The van der Waals surface area contributed by atoms with Gasteiger partial charge in [-0.2, -0.15) is 0 Å². The van der Waals surface area contributed by atoms with Crippen molar-refractivity contribution in [2.45, 2.75) is 24.7 Å². The van der Waals surface area contributed by atoms with Crippen molar-refractivity contribution in [3.63, 3.8) is 0 Å². The van der Waals surface area contributed by atoms with Gasteiger partial charge in [-0.25, -0.2) is 0 Å². The fourth-order valence-electron chi connectivity index (χ4n) is 10.3. The summed E-state index contributed by atoms with van der Waals surface area (Å²) in [5.74, 6) is 0. The summed E-state index contributed by atoms with van der Waals surface area (Å²) in [6.07, 6.45) is 0. The van der Waals surface area contributed by atoms with Gasteiger partial charge in [0.1, 0.15) is 0 Å². The van der Waals surface area contributed by atoms with Crippen LogP contribution in [0.25, 0.3) is 44.5 Å². The summed E-state index contributed by atoms with van der Waals surface area (Å²) < 4.78 is 0. The van der Waals surface area contributed by atoms with E-state index in [0.717, 1.165) is 17.1 Å². The number of rotatable bonds is 7. The van der Waals surface area contributed by atoms with Crippen molar-refractivity contribution in [1.29, 1.82) is 0 Å². The molecular weight excluding hydrogens is 711 g/mol. The molecule has 0 unspecified atom stereocenters. The molecule has 0 saturated heterocycles. The predicted molar refractivity (Wildman–Crippen MR) is 247 cm³/mol. The van der Waals surface area contributed by atoms with Crippen molar-refractivity contribution >= 4 is 17.1 Å². The molecule has 0 aromatic heterocycles. The zero-order chi connectivity index (χ0) is 39.6. The summed E-state index contributed by atoms with van der Waals surface area (Å²) in [6, 6.07) is 82.8. The molecule has 0 amide bonds. The van der Waals surface area contributed by atoms with Crippen LogP contribution in [0.15, 0.2) is 224 Å². The molecule has 0 aliphatic heterocycles. The highest BCUT2D eigenvalue weighted by Crippen LogP contribution is 2.64. The van der Waals surface area contributed by atoms with Crippen molar-refractivity contribution in [2.75, 3.05) is 4.90 Å². The highest BCUT2D eigenvalue weighted by Gasteiger charge is 2.50. The Balaban J connectivity index is 1.17. The summed E-state index contributed by atoms with van der Waals surface area (Å²) in [7, 11) is 0. The Labute approximate surface area is 347 Å². The summed E-state index contributed by atoms with van der Waals surface area (Å²) in [4.78, 5) is 2.40. The summed E-state index contributed by atoms with van der Waals surface area (Å²) in [5, 5.41) is 0. The second-order valence-corrected chi connectivity index (χ2v) is 16.4. The molecule has 0 spiro atoms. The number of hydrogen-bond donors (Lipinski definition) is 0. The van der Waals surface area contributed by atoms with Crippen molar-refractivity contribution in [3.8, 4) is 44.5 Å². The maximum Gasteiger partial charge on any atom is 0.0713 e. The van der Waals surface area contributed by atoms with Crippen molar-refractivity contribution in [3.05, 3.63) is 258 Å². The van der Waals surface area contributed by atoms with Crippen LogP contribution in [0.2, 0.25) is 0 Å². The van der Waals surface area contributed by atoms with Gasteiger partial charge in [0.2, 0.25) is 0 Å². The Bertz CT molecular complexity index is 2930. The third kappa shape index (κ3) is 5.31. The minimum atomic E-state index is -0.501. The molecule has 1 heteroatoms. The highest BCUT2D eigenvalue weighted by atomic mass is 15.1. The van der Waals surface area contributed by atoms with Crippen LogP contribution in [-0.4, -0.2) is 0 Å². The third-order valence-corrected chi connectivity index (χ3v) is 12.9. The minimum absolute atomic E-state index is 0.299. The zero-order valence-electron chi connectivity index (χ0n) is 33.3. The van der Waals surface area contributed by atoms with Gasteiger partial charge in [-0.05, 0) is 114 Å². The van der Waals surface area contributed by atoms with Gasteiger partial charge in [0.15, 0.2) is 0 Å². The number of nitrogens with zero attached hydrogens (tertiary/aromatic N) is 1. The lowest BCUT2D eigenvalue weighted by Crippen LogP contribution is -2.29. The van der Waals surface area contributed by atoms with Gasteiger partial charge in [0.05, 0.1) is 5.41 Å². The van der Waals surface area contributed by atoms with Gasteiger partial charge in [0, 0.05) is 22.5 Å². The lowest BCUT2D eigenvalue weighted by atomic mass is 9.66. The van der Waals surface area contributed by atoms with E-state index in [1.54, 1.807) is 0 Å². The molecule has 280 valence electrons. The summed E-state index contributed by atoms with van der Waals surface area (Å²) in [6.45, 7) is 4.86. The van der Waals surface area contributed by atoms with Crippen molar-refractivity contribution in [2.24, 2.45) is 0 Å². The van der Waals surface area contributed by atoms with Crippen LogP contribution in [0.5, 0.6) is 0 Å². The monoisotopic (exact) mass is 753 g/mol. The second-order valence-electron chi connectivity index (χ2n) is 16.4. The standard InChI is InChI=1S/C58H43N/c1-57(2)51-38-47(59(45-28-16-7-17-29-45)46-34-32-41(33-35-46)40-20-8-3-9-21-40)36-37-49(51)55-52(57)39-53-56(54(55)42-22-10-4-11-23-42)48-30-18-19-31-50(48)58(53,43-24-12-5-13-25-43)44-26-14-6-15-27-44/h3-39H,1-2H3. The van der Waals surface area contributed by atoms with Gasteiger partial charge in [0.25, 0.3) is 0 Å². The van der Waals surface area contributed by atoms with Gasteiger partial charge in [-0.3, -0.25) is 0 Å². The quantitative estimate of drug-likeness (QED) is 0.157. The number of anilines is 3. The average Bonchev–Trinajstić information content (AvgIpc) is 3.73. The summed E-state index contributed by atoms with van der Waals surface area (Å²) in [5.41, 5.74) is 20.8. The molecule has 11 rings (SSSR count). The topological polar surface area (TPSA) is 3.24 Å². The predicted octanol–water partition coefficient (Wildman–Crippen LogP) is 15.2. The van der Waals surface area contributed by atoms with E-state index in [0.29, 0.717) is 0 Å². The summed E-state index contributed by atoms with van der Waals surface area (Å²) >= 11 is 0. The fraction of sp³-hybridized carbons (Fsp3) is 0.0690. The SMILES string of the molecule is CC1(C)c2cc(N(c3ccccc3)c3ccc(-c4ccccc4)cc3)ccc2-c2c1cc1c(c2-c2ccccc2)-c2ccccc2C1(c1ccccc1)c1ccccc1. The number of fused-ring (bicyclic) bond motifs is 6. The van der Waals surface area contributed by atoms with Gasteiger partial charge in [-0.1, -0.05) is 202 Å². The lowest BCUT2D eigenvalue weighted by molar-refractivity contribution is 0.656. The lowest BCUT2D eigenvalue weighted by Gasteiger charge is -2.35. The van der Waals surface area contributed by atoms with E-state index in [1.165, 1.54) is 77.9 Å². The van der Waals surface area contributed by atoms with E-state index < -0.39 is 5.41 Å². The first-order valence-electron chi connectivity index (χ1n) is 20.7. The number of benzene rings is 9. The van der Waals surface area contributed by atoms with Crippen LogP contribution in [0, 0.1) is 0 Å². The Morgan fingerprint density at radius 2 is 0.763 bits per heavy atom. The Hall–Kier alpha value is -7.22. The van der Waals surface area contributed by atoms with E-state index in [1.807, 2.05) is 0 Å². The second kappa shape index (κ2) is 13.7. The Morgan fingerprint density at radius 3 is 1.39 bits per heavy atom. The van der Waals surface area contributed by atoms with Crippen LogP contribution in [0.1, 0.15) is 47.2 Å². The van der Waals surface area contributed by atoms with Crippen molar-refractivity contribution in [1.82, 2.24) is 0 Å². The molecule has 0 heterocycles. The van der Waals surface area contributed by atoms with Gasteiger partial charge in [-0.15, -0.1) is 0 Å². The first-order valence-corrected chi connectivity index (χ1v) is 20.7. The minimum Gasteiger partial charge on any atom is -0.310 e. The molecule has 1 nitrogen and oxygen atoms in total. The van der Waals surface area contributed by atoms with Crippen LogP contribution < -0.4 is 4.90 Å². The van der Waals surface area contributed by atoms with Gasteiger partial charge >= 0.3 is 0 Å². The molecule has 0 radical (unpaired) electrons. The molecule has 2 aliphatic carbocycles. The Kier molecular flexibility index (Phi) is 8.13. The Morgan fingerprint density at radius 1 is 0.305 bits per heavy atom. The van der Waals surface area contributed by atoms with E-state index in [2.05, 4.69) is 243 Å². The molecule has 9 aromatic rings. The average molecular weight is 754 g/mol. The van der Waals surface area contributed by atoms with E-state index >= 15 is 0 Å². The zero-order valence-corrected chi connectivity index (χ0v) is 33.3. The van der Waals surface area contributed by atoms with Crippen LogP contribution >= 0.6 is 0 Å². The molecule has 0 saturated carbocycles. The maximum atomic E-state index is 2.59. The first kappa shape index (κ1) is 35.0.